The minimum atomic E-state index is -0.432. The number of halogens is 3. The zero-order valence-electron chi connectivity index (χ0n) is 16.2. The molecule has 0 saturated carbocycles. The summed E-state index contributed by atoms with van der Waals surface area (Å²) in [7, 11) is 0. The van der Waals surface area contributed by atoms with Crippen LogP contribution in [0.15, 0.2) is 47.6 Å². The Morgan fingerprint density at radius 1 is 1.10 bits per heavy atom. The lowest BCUT2D eigenvalue weighted by molar-refractivity contribution is 0.583. The van der Waals surface area contributed by atoms with E-state index in [0.29, 0.717) is 31.0 Å². The summed E-state index contributed by atoms with van der Waals surface area (Å²) in [6.07, 6.45) is 3.91. The fraction of sp³-hybridized carbons (Fsp3) is 0.350. The van der Waals surface area contributed by atoms with Gasteiger partial charge in [-0.3, -0.25) is 9.39 Å². The average Bonchev–Trinajstić information content (AvgIpc) is 3.11. The fourth-order valence-corrected chi connectivity index (χ4v) is 2.88. The summed E-state index contributed by atoms with van der Waals surface area (Å²) in [5.41, 5.74) is 1.18. The van der Waals surface area contributed by atoms with E-state index in [1.165, 1.54) is 6.07 Å². The molecule has 0 aliphatic heterocycles. The Morgan fingerprint density at radius 3 is 2.79 bits per heavy atom. The smallest absolute Gasteiger partial charge is 0.191 e. The molecule has 0 amide bonds. The van der Waals surface area contributed by atoms with E-state index in [1.54, 1.807) is 0 Å². The lowest BCUT2D eigenvalue weighted by Gasteiger charge is -2.11. The lowest BCUT2D eigenvalue weighted by atomic mass is 10.1. The summed E-state index contributed by atoms with van der Waals surface area (Å²) in [5, 5.41) is 14.7. The number of guanidine groups is 1. The molecule has 0 saturated heterocycles. The van der Waals surface area contributed by atoms with E-state index < -0.39 is 11.6 Å². The fourth-order valence-electron chi connectivity index (χ4n) is 2.88. The highest BCUT2D eigenvalue weighted by Crippen LogP contribution is 2.09. The number of nitrogens with zero attached hydrogens (tertiary/aromatic N) is 4. The van der Waals surface area contributed by atoms with Crippen molar-refractivity contribution in [1.29, 1.82) is 0 Å². The maximum atomic E-state index is 13.7. The number of pyridine rings is 1. The van der Waals surface area contributed by atoms with Gasteiger partial charge in [-0.1, -0.05) is 6.07 Å². The molecule has 0 aliphatic rings. The van der Waals surface area contributed by atoms with Gasteiger partial charge in [0.2, 0.25) is 0 Å². The van der Waals surface area contributed by atoms with Crippen LogP contribution in [0.5, 0.6) is 0 Å². The lowest BCUT2D eigenvalue weighted by Crippen LogP contribution is -2.38. The molecule has 1 aromatic carbocycles. The Labute approximate surface area is 185 Å². The van der Waals surface area contributed by atoms with Crippen molar-refractivity contribution in [3.05, 3.63) is 65.6 Å². The average molecular weight is 514 g/mol. The molecule has 2 aromatic heterocycles. The van der Waals surface area contributed by atoms with E-state index in [9.17, 15) is 8.78 Å². The quantitative estimate of drug-likeness (QED) is 0.210. The summed E-state index contributed by atoms with van der Waals surface area (Å²) in [5.74, 6) is 0.736. The van der Waals surface area contributed by atoms with Crippen molar-refractivity contribution in [2.24, 2.45) is 4.99 Å². The summed E-state index contributed by atoms with van der Waals surface area (Å²) in [6, 6.07) is 9.30. The molecule has 2 heterocycles. The highest BCUT2D eigenvalue weighted by molar-refractivity contribution is 14.0. The molecule has 3 rings (SSSR count). The van der Waals surface area contributed by atoms with Gasteiger partial charge in [0.1, 0.15) is 17.5 Å². The van der Waals surface area contributed by atoms with Crippen LogP contribution in [0.25, 0.3) is 5.65 Å². The van der Waals surface area contributed by atoms with Gasteiger partial charge in [0, 0.05) is 32.3 Å². The second-order valence-corrected chi connectivity index (χ2v) is 6.32. The number of aryl methyl sites for hydroxylation is 1. The molecule has 0 unspecified atom stereocenters. The molecule has 3 aromatic rings. The zero-order valence-corrected chi connectivity index (χ0v) is 18.6. The van der Waals surface area contributed by atoms with Gasteiger partial charge in [-0.05, 0) is 55.7 Å². The van der Waals surface area contributed by atoms with Crippen molar-refractivity contribution in [2.45, 2.75) is 26.2 Å². The molecule has 156 valence electrons. The van der Waals surface area contributed by atoms with Crippen LogP contribution in [-0.4, -0.2) is 40.2 Å². The number of aromatic nitrogens is 3. The van der Waals surface area contributed by atoms with Crippen molar-refractivity contribution in [1.82, 2.24) is 25.2 Å². The minimum absolute atomic E-state index is 0. The third kappa shape index (κ3) is 6.62. The second-order valence-electron chi connectivity index (χ2n) is 6.32. The highest BCUT2D eigenvalue weighted by Gasteiger charge is 2.06. The van der Waals surface area contributed by atoms with Crippen LogP contribution >= 0.6 is 24.0 Å². The Kier molecular flexibility index (Phi) is 9.23. The number of benzene rings is 1. The molecule has 0 aliphatic carbocycles. The van der Waals surface area contributed by atoms with Gasteiger partial charge in [-0.25, -0.2) is 8.78 Å². The van der Waals surface area contributed by atoms with Crippen LogP contribution in [0.4, 0.5) is 8.78 Å². The van der Waals surface area contributed by atoms with Crippen molar-refractivity contribution in [2.75, 3.05) is 19.6 Å². The molecule has 2 N–H and O–H groups in total. The maximum absolute atomic E-state index is 13.7. The van der Waals surface area contributed by atoms with Gasteiger partial charge in [0.25, 0.3) is 0 Å². The molecule has 9 heteroatoms. The number of rotatable bonds is 8. The molecule has 0 fully saturated rings. The number of fused-ring (bicyclic) bond motifs is 1. The van der Waals surface area contributed by atoms with Crippen LogP contribution in [0.2, 0.25) is 0 Å². The van der Waals surface area contributed by atoms with Gasteiger partial charge < -0.3 is 10.6 Å². The van der Waals surface area contributed by atoms with Crippen LogP contribution in [0.1, 0.15) is 24.7 Å². The molecular weight excluding hydrogens is 489 g/mol. The Bertz CT molecular complexity index is 944. The van der Waals surface area contributed by atoms with Crippen LogP contribution in [0, 0.1) is 11.6 Å². The van der Waals surface area contributed by atoms with Gasteiger partial charge in [-0.15, -0.1) is 34.2 Å². The van der Waals surface area contributed by atoms with Crippen LogP contribution in [0.3, 0.4) is 0 Å². The molecule has 0 atom stereocenters. The Hall–Kier alpha value is -2.30. The predicted octanol–water partition coefficient (Wildman–Crippen LogP) is 3.36. The largest absolute Gasteiger partial charge is 0.357 e. The van der Waals surface area contributed by atoms with E-state index in [4.69, 9.17) is 0 Å². The van der Waals surface area contributed by atoms with Crippen molar-refractivity contribution in [3.63, 3.8) is 0 Å². The summed E-state index contributed by atoms with van der Waals surface area (Å²) < 4.78 is 28.9. The zero-order chi connectivity index (χ0) is 19.8. The topological polar surface area (TPSA) is 66.6 Å². The number of hydrogen-bond acceptors (Lipinski definition) is 3. The van der Waals surface area contributed by atoms with Gasteiger partial charge in [-0.2, -0.15) is 0 Å². The van der Waals surface area contributed by atoms with Gasteiger partial charge in [0.15, 0.2) is 11.6 Å². The van der Waals surface area contributed by atoms with E-state index in [2.05, 4.69) is 25.8 Å². The van der Waals surface area contributed by atoms with Crippen LogP contribution in [-0.2, 0) is 12.8 Å². The maximum Gasteiger partial charge on any atom is 0.191 e. The van der Waals surface area contributed by atoms with Gasteiger partial charge in [0.05, 0.1) is 0 Å². The van der Waals surface area contributed by atoms with E-state index in [-0.39, 0.29) is 24.0 Å². The first kappa shape index (κ1) is 23.0. The molecule has 0 radical (unpaired) electrons. The molecule has 6 nitrogen and oxygen atoms in total. The SMILES string of the molecule is CCNC(=NCCCc1nnc2ccccn12)NCCc1cc(F)ccc1F.I. The normalized spacial score (nSPS) is 11.3. The molecular formula is C20H25F2IN6. The highest BCUT2D eigenvalue weighted by atomic mass is 127. The monoisotopic (exact) mass is 514 g/mol. The third-order valence-electron chi connectivity index (χ3n) is 4.25. The first-order valence-electron chi connectivity index (χ1n) is 9.42. The minimum Gasteiger partial charge on any atom is -0.357 e. The van der Waals surface area contributed by atoms with Crippen LogP contribution < -0.4 is 10.6 Å². The molecule has 0 bridgehead atoms. The molecule has 29 heavy (non-hydrogen) atoms. The second kappa shape index (κ2) is 11.6. The summed E-state index contributed by atoms with van der Waals surface area (Å²) >= 11 is 0. The summed E-state index contributed by atoms with van der Waals surface area (Å²) in [4.78, 5) is 4.53. The predicted molar refractivity (Wildman–Crippen MR) is 121 cm³/mol. The van der Waals surface area contributed by atoms with E-state index >= 15 is 0 Å². The number of aliphatic imine (C=N–C) groups is 1. The van der Waals surface area contributed by atoms with Crippen molar-refractivity contribution < 1.29 is 8.78 Å². The number of nitrogens with one attached hydrogen (secondary N) is 2. The van der Waals surface area contributed by atoms with Crippen molar-refractivity contribution >= 4 is 35.6 Å². The molecule has 0 spiro atoms. The summed E-state index contributed by atoms with van der Waals surface area (Å²) in [6.45, 7) is 3.77. The van der Waals surface area contributed by atoms with Crippen molar-refractivity contribution in [3.8, 4) is 0 Å². The first-order chi connectivity index (χ1) is 13.7. The first-order valence-corrected chi connectivity index (χ1v) is 9.42. The van der Waals surface area contributed by atoms with E-state index in [1.807, 2.05) is 35.7 Å². The van der Waals surface area contributed by atoms with Gasteiger partial charge >= 0.3 is 0 Å². The number of hydrogen-bond donors (Lipinski definition) is 2. The van der Waals surface area contributed by atoms with E-state index in [0.717, 1.165) is 43.0 Å². The Balaban J connectivity index is 0.00000300. The Morgan fingerprint density at radius 2 is 1.97 bits per heavy atom. The standard InChI is InChI=1S/C20H24F2N6.HI/c1-2-23-20(25-12-10-15-14-16(21)8-9-17(15)22)24-11-5-7-19-27-26-18-6-3-4-13-28(18)19;/h3-4,6,8-9,13-14H,2,5,7,10-12H2,1H3,(H2,23,24,25);1H. The third-order valence-corrected chi connectivity index (χ3v) is 4.25.